The molecule has 0 amide bonds. The zero-order valence-electron chi connectivity index (χ0n) is 8.24. The minimum Gasteiger partial charge on any atom is -0.394 e. The molecule has 13 heavy (non-hydrogen) atoms. The van der Waals surface area contributed by atoms with E-state index in [2.05, 4.69) is 25.8 Å². The van der Waals surface area contributed by atoms with Crippen molar-refractivity contribution in [1.82, 2.24) is 4.98 Å². The third-order valence-corrected chi connectivity index (χ3v) is 2.78. The summed E-state index contributed by atoms with van der Waals surface area (Å²) < 4.78 is 0. The van der Waals surface area contributed by atoms with Crippen LogP contribution in [-0.4, -0.2) is 16.7 Å². The first kappa shape index (κ1) is 10.6. The predicted octanol–water partition coefficient (Wildman–Crippen LogP) is 1.43. The molecular formula is C9H16N2OS. The number of hydrogen-bond donors (Lipinski definition) is 2. The lowest BCUT2D eigenvalue weighted by atomic mass is 9.93. The van der Waals surface area contributed by atoms with E-state index in [9.17, 15) is 0 Å². The van der Waals surface area contributed by atoms with Gasteiger partial charge in [0, 0.05) is 10.8 Å². The normalized spacial score (nSPS) is 14.5. The fraction of sp³-hybridized carbons (Fsp3) is 0.667. The zero-order chi connectivity index (χ0) is 10.1. The Hall–Kier alpha value is -0.450. The lowest BCUT2D eigenvalue weighted by Crippen LogP contribution is -2.16. The molecule has 0 aliphatic rings. The highest BCUT2D eigenvalue weighted by Crippen LogP contribution is 2.25. The number of nitrogens with two attached hydrogens (primary N) is 1. The Balaban J connectivity index is 2.87. The van der Waals surface area contributed by atoms with Gasteiger partial charge in [-0.25, -0.2) is 4.98 Å². The number of aliphatic hydroxyl groups is 1. The Labute approximate surface area is 82.6 Å². The van der Waals surface area contributed by atoms with E-state index in [1.54, 1.807) is 0 Å². The molecule has 1 aromatic heterocycles. The summed E-state index contributed by atoms with van der Waals surface area (Å²) in [5.74, 6) is 0. The van der Waals surface area contributed by atoms with Crippen molar-refractivity contribution in [3.8, 4) is 0 Å². The van der Waals surface area contributed by atoms with Crippen molar-refractivity contribution in [2.24, 2.45) is 5.73 Å². The minimum absolute atomic E-state index is 0.0445. The fourth-order valence-electron chi connectivity index (χ4n) is 0.880. The van der Waals surface area contributed by atoms with Gasteiger partial charge in [0.05, 0.1) is 18.3 Å². The molecule has 0 aliphatic heterocycles. The number of aromatic nitrogens is 1. The largest absolute Gasteiger partial charge is 0.394 e. The second-order valence-electron chi connectivity index (χ2n) is 4.11. The van der Waals surface area contributed by atoms with Crippen LogP contribution in [0.4, 0.5) is 0 Å². The molecule has 1 rings (SSSR count). The Morgan fingerprint density at radius 1 is 1.62 bits per heavy atom. The molecule has 3 nitrogen and oxygen atoms in total. The SMILES string of the molecule is CC(C)(C)c1csc(C(N)CO)n1. The molecule has 0 saturated carbocycles. The lowest BCUT2D eigenvalue weighted by Gasteiger charge is -2.14. The number of hydrogen-bond acceptors (Lipinski definition) is 4. The molecule has 74 valence electrons. The van der Waals surface area contributed by atoms with Gasteiger partial charge in [0.15, 0.2) is 0 Å². The number of thiazole rings is 1. The van der Waals surface area contributed by atoms with Crippen LogP contribution in [0, 0.1) is 0 Å². The summed E-state index contributed by atoms with van der Waals surface area (Å²) in [7, 11) is 0. The summed E-state index contributed by atoms with van der Waals surface area (Å²) in [5, 5.41) is 11.7. The van der Waals surface area contributed by atoms with Crippen LogP contribution in [0.25, 0.3) is 0 Å². The molecular weight excluding hydrogens is 184 g/mol. The van der Waals surface area contributed by atoms with Crippen LogP contribution in [0.2, 0.25) is 0 Å². The third kappa shape index (κ3) is 2.49. The number of aliphatic hydroxyl groups excluding tert-OH is 1. The minimum atomic E-state index is -0.332. The van der Waals surface area contributed by atoms with Crippen LogP contribution in [0.1, 0.15) is 37.5 Å². The van der Waals surface area contributed by atoms with Crippen molar-refractivity contribution in [2.45, 2.75) is 32.2 Å². The third-order valence-electron chi connectivity index (χ3n) is 1.80. The molecule has 3 N–H and O–H groups in total. The first-order valence-corrected chi connectivity index (χ1v) is 5.15. The predicted molar refractivity (Wildman–Crippen MR) is 54.8 cm³/mol. The highest BCUT2D eigenvalue weighted by atomic mass is 32.1. The molecule has 0 radical (unpaired) electrons. The molecule has 0 bridgehead atoms. The summed E-state index contributed by atoms with van der Waals surface area (Å²) in [6.07, 6.45) is 0. The van der Waals surface area contributed by atoms with Gasteiger partial charge in [-0.2, -0.15) is 0 Å². The van der Waals surface area contributed by atoms with Crippen LogP contribution in [-0.2, 0) is 5.41 Å². The summed E-state index contributed by atoms with van der Waals surface area (Å²) in [5.41, 5.74) is 6.75. The standard InChI is InChI=1S/C9H16N2OS/c1-9(2,3)7-5-13-8(11-7)6(10)4-12/h5-6,12H,4,10H2,1-3H3. The molecule has 0 spiro atoms. The van der Waals surface area contributed by atoms with Gasteiger partial charge in [-0.1, -0.05) is 20.8 Å². The molecule has 4 heteroatoms. The molecule has 0 aromatic carbocycles. The summed E-state index contributed by atoms with van der Waals surface area (Å²) >= 11 is 1.51. The first-order chi connectivity index (χ1) is 5.95. The molecule has 0 fully saturated rings. The average molecular weight is 200 g/mol. The highest BCUT2D eigenvalue weighted by Gasteiger charge is 2.19. The summed E-state index contributed by atoms with van der Waals surface area (Å²) in [6.45, 7) is 6.28. The summed E-state index contributed by atoms with van der Waals surface area (Å²) in [6, 6.07) is -0.332. The monoisotopic (exact) mass is 200 g/mol. The number of rotatable bonds is 2. The van der Waals surface area contributed by atoms with Crippen LogP contribution in [0.5, 0.6) is 0 Å². The molecule has 1 atom stereocenters. The Morgan fingerprint density at radius 3 is 2.62 bits per heavy atom. The van der Waals surface area contributed by atoms with Crippen LogP contribution >= 0.6 is 11.3 Å². The van der Waals surface area contributed by atoms with Gasteiger partial charge < -0.3 is 10.8 Å². The topological polar surface area (TPSA) is 59.1 Å². The van der Waals surface area contributed by atoms with E-state index in [1.165, 1.54) is 11.3 Å². The quantitative estimate of drug-likeness (QED) is 0.759. The Morgan fingerprint density at radius 2 is 2.23 bits per heavy atom. The maximum Gasteiger partial charge on any atom is 0.112 e. The van der Waals surface area contributed by atoms with Crippen molar-refractivity contribution in [2.75, 3.05) is 6.61 Å². The van der Waals surface area contributed by atoms with E-state index in [-0.39, 0.29) is 18.1 Å². The van der Waals surface area contributed by atoms with Gasteiger partial charge in [-0.3, -0.25) is 0 Å². The van der Waals surface area contributed by atoms with Crippen molar-refractivity contribution >= 4 is 11.3 Å². The highest BCUT2D eigenvalue weighted by molar-refractivity contribution is 7.09. The summed E-state index contributed by atoms with van der Waals surface area (Å²) in [4.78, 5) is 4.39. The molecule has 0 aliphatic carbocycles. The smallest absolute Gasteiger partial charge is 0.112 e. The lowest BCUT2D eigenvalue weighted by molar-refractivity contribution is 0.267. The van der Waals surface area contributed by atoms with E-state index in [1.807, 2.05) is 5.38 Å². The van der Waals surface area contributed by atoms with E-state index < -0.39 is 0 Å². The average Bonchev–Trinajstić information content (AvgIpc) is 2.50. The van der Waals surface area contributed by atoms with Crippen LogP contribution in [0.3, 0.4) is 0 Å². The van der Waals surface area contributed by atoms with E-state index in [4.69, 9.17) is 10.8 Å². The van der Waals surface area contributed by atoms with Gasteiger partial charge in [-0.15, -0.1) is 11.3 Å². The van der Waals surface area contributed by atoms with Gasteiger partial charge in [0.25, 0.3) is 0 Å². The zero-order valence-corrected chi connectivity index (χ0v) is 9.06. The second kappa shape index (κ2) is 3.74. The van der Waals surface area contributed by atoms with Gasteiger partial charge >= 0.3 is 0 Å². The van der Waals surface area contributed by atoms with Crippen molar-refractivity contribution in [3.63, 3.8) is 0 Å². The van der Waals surface area contributed by atoms with E-state index in [0.29, 0.717) is 0 Å². The Bertz CT molecular complexity index is 277. The second-order valence-corrected chi connectivity index (χ2v) is 5.00. The molecule has 1 unspecified atom stereocenters. The van der Waals surface area contributed by atoms with Gasteiger partial charge in [0.1, 0.15) is 5.01 Å². The fourth-order valence-corrected chi connectivity index (χ4v) is 1.92. The number of nitrogens with zero attached hydrogens (tertiary/aromatic N) is 1. The van der Waals surface area contributed by atoms with Crippen molar-refractivity contribution in [1.29, 1.82) is 0 Å². The molecule has 1 aromatic rings. The maximum atomic E-state index is 8.84. The van der Waals surface area contributed by atoms with Crippen LogP contribution < -0.4 is 5.73 Å². The Kier molecular flexibility index (Phi) is 3.05. The molecule has 0 saturated heterocycles. The van der Waals surface area contributed by atoms with Crippen molar-refractivity contribution in [3.05, 3.63) is 16.1 Å². The first-order valence-electron chi connectivity index (χ1n) is 4.27. The van der Waals surface area contributed by atoms with Gasteiger partial charge in [0.2, 0.25) is 0 Å². The maximum absolute atomic E-state index is 8.84. The van der Waals surface area contributed by atoms with Crippen LogP contribution in [0.15, 0.2) is 5.38 Å². The van der Waals surface area contributed by atoms with E-state index in [0.717, 1.165) is 10.7 Å². The van der Waals surface area contributed by atoms with Gasteiger partial charge in [-0.05, 0) is 0 Å². The molecule has 1 heterocycles. The van der Waals surface area contributed by atoms with E-state index >= 15 is 0 Å². The van der Waals surface area contributed by atoms with Crippen molar-refractivity contribution < 1.29 is 5.11 Å².